The monoisotopic (exact) mass is 349 g/mol. The number of amides is 2. The van der Waals surface area contributed by atoms with Crippen LogP contribution in [0.15, 0.2) is 52.0 Å². The van der Waals surface area contributed by atoms with E-state index in [0.717, 1.165) is 16.7 Å². The summed E-state index contributed by atoms with van der Waals surface area (Å²) >= 11 is 12.0. The third-order valence-electron chi connectivity index (χ3n) is 2.90. The van der Waals surface area contributed by atoms with Gasteiger partial charge in [0.15, 0.2) is 4.32 Å². The summed E-state index contributed by atoms with van der Waals surface area (Å²) in [5.74, 6) is -0.396. The smallest absolute Gasteiger partial charge is 0.273 e. The van der Waals surface area contributed by atoms with Gasteiger partial charge in [-0.15, -0.1) is 0 Å². The topological polar surface area (TPSA) is 50.5 Å². The van der Waals surface area contributed by atoms with Gasteiger partial charge in [-0.2, -0.15) is 0 Å². The maximum absolute atomic E-state index is 12.4. The van der Waals surface area contributed by atoms with Crippen molar-refractivity contribution in [2.24, 2.45) is 0 Å². The van der Waals surface area contributed by atoms with E-state index < -0.39 is 11.8 Å². The molecule has 4 nitrogen and oxygen atoms in total. The highest BCUT2D eigenvalue weighted by molar-refractivity contribution is 8.26. The predicted octanol–water partition coefficient (Wildman–Crippen LogP) is 3.97. The van der Waals surface area contributed by atoms with Crippen molar-refractivity contribution in [1.29, 1.82) is 0 Å². The van der Waals surface area contributed by atoms with Crippen molar-refractivity contribution >= 4 is 57.8 Å². The van der Waals surface area contributed by atoms with Crippen LogP contribution < -0.4 is 0 Å². The van der Waals surface area contributed by atoms with Crippen molar-refractivity contribution in [3.8, 4) is 0 Å². The quantitative estimate of drug-likeness (QED) is 0.466. The molecular weight excluding hydrogens is 342 g/mol. The summed E-state index contributed by atoms with van der Waals surface area (Å²) in [6, 6.07) is 9.72. The third-order valence-corrected chi connectivity index (χ3v) is 4.46. The molecule has 0 saturated carbocycles. The molecule has 3 rings (SSSR count). The Kier molecular flexibility index (Phi) is 4.15. The molecule has 0 atom stereocenters. The van der Waals surface area contributed by atoms with Crippen molar-refractivity contribution in [3.63, 3.8) is 0 Å². The predicted molar refractivity (Wildman–Crippen MR) is 89.5 cm³/mol. The maximum atomic E-state index is 12.4. The zero-order valence-electron chi connectivity index (χ0n) is 11.0. The summed E-state index contributed by atoms with van der Waals surface area (Å²) in [5, 5.41) is 0.514. The molecule has 1 aliphatic heterocycles. The number of halogens is 1. The molecule has 1 aromatic heterocycles. The first-order valence-electron chi connectivity index (χ1n) is 6.17. The van der Waals surface area contributed by atoms with Crippen LogP contribution in [0.25, 0.3) is 6.08 Å². The van der Waals surface area contributed by atoms with Crippen molar-refractivity contribution in [2.45, 2.75) is 0 Å². The van der Waals surface area contributed by atoms with E-state index in [4.69, 9.17) is 28.2 Å². The number of hydrogen-bond donors (Lipinski definition) is 0. The highest BCUT2D eigenvalue weighted by Crippen LogP contribution is 2.33. The van der Waals surface area contributed by atoms with Gasteiger partial charge >= 0.3 is 0 Å². The second-order valence-electron chi connectivity index (χ2n) is 4.34. The van der Waals surface area contributed by atoms with Crippen molar-refractivity contribution < 1.29 is 14.0 Å². The minimum Gasteiger partial charge on any atom is -0.465 e. The Morgan fingerprint density at radius 3 is 2.64 bits per heavy atom. The molecule has 0 bridgehead atoms. The number of hydrogen-bond acceptors (Lipinski definition) is 5. The minimum atomic E-state index is -0.470. The number of thioether (sulfide) groups is 1. The standard InChI is InChI=1S/C15H8ClNO3S2/c16-10-5-3-9(4-6-10)13(18)17-14(19)12(22-15(17)21)8-11-2-1-7-20-11/h1-8H. The molecule has 1 aromatic carbocycles. The van der Waals surface area contributed by atoms with E-state index in [1.54, 1.807) is 42.5 Å². The second-order valence-corrected chi connectivity index (χ2v) is 6.46. The Bertz CT molecular complexity index is 782. The van der Waals surface area contributed by atoms with E-state index in [1.807, 2.05) is 0 Å². The highest BCUT2D eigenvalue weighted by atomic mass is 35.5. The lowest BCUT2D eigenvalue weighted by Crippen LogP contribution is -2.34. The first kappa shape index (κ1) is 15.0. The zero-order valence-corrected chi connectivity index (χ0v) is 13.4. The molecule has 1 saturated heterocycles. The molecule has 0 unspecified atom stereocenters. The summed E-state index contributed by atoms with van der Waals surface area (Å²) in [5.41, 5.74) is 0.347. The second kappa shape index (κ2) is 6.08. The van der Waals surface area contributed by atoms with Gasteiger partial charge in [-0.25, -0.2) is 4.90 Å². The normalized spacial score (nSPS) is 16.6. The Labute approximate surface area is 140 Å². The van der Waals surface area contributed by atoms with Crippen LogP contribution in [0.4, 0.5) is 0 Å². The molecular formula is C15H8ClNO3S2. The van der Waals surface area contributed by atoms with E-state index in [9.17, 15) is 9.59 Å². The largest absolute Gasteiger partial charge is 0.465 e. The highest BCUT2D eigenvalue weighted by Gasteiger charge is 2.37. The summed E-state index contributed by atoms with van der Waals surface area (Å²) in [4.78, 5) is 26.2. The Morgan fingerprint density at radius 1 is 1.27 bits per heavy atom. The van der Waals surface area contributed by atoms with Crippen molar-refractivity contribution in [2.75, 3.05) is 0 Å². The summed E-state index contributed by atoms with van der Waals surface area (Å²) < 4.78 is 5.37. The van der Waals surface area contributed by atoms with Crippen LogP contribution >= 0.6 is 35.6 Å². The maximum Gasteiger partial charge on any atom is 0.273 e. The summed E-state index contributed by atoms with van der Waals surface area (Å²) in [6.45, 7) is 0. The molecule has 1 fully saturated rings. The average Bonchev–Trinajstić information content (AvgIpc) is 3.09. The lowest BCUT2D eigenvalue weighted by molar-refractivity contribution is -0.120. The Balaban J connectivity index is 1.88. The summed E-state index contributed by atoms with van der Waals surface area (Å²) in [6.07, 6.45) is 3.07. The fourth-order valence-electron chi connectivity index (χ4n) is 1.87. The van der Waals surface area contributed by atoms with Crippen LogP contribution in [0.1, 0.15) is 16.1 Å². The van der Waals surface area contributed by atoms with Gasteiger partial charge in [-0.3, -0.25) is 9.59 Å². The molecule has 7 heteroatoms. The van der Waals surface area contributed by atoms with E-state index in [0.29, 0.717) is 21.3 Å². The first-order chi connectivity index (χ1) is 10.6. The molecule has 2 heterocycles. The van der Waals surface area contributed by atoms with Gasteiger partial charge in [0.1, 0.15) is 5.76 Å². The van der Waals surface area contributed by atoms with Crippen molar-refractivity contribution in [3.05, 3.63) is 63.9 Å². The van der Waals surface area contributed by atoms with Gasteiger partial charge in [0, 0.05) is 16.7 Å². The minimum absolute atomic E-state index is 0.197. The number of nitrogens with zero attached hydrogens (tertiary/aromatic N) is 1. The number of imide groups is 1. The number of benzene rings is 1. The molecule has 0 aliphatic carbocycles. The zero-order chi connectivity index (χ0) is 15.7. The molecule has 1 aliphatic rings. The van der Waals surface area contributed by atoms with Crippen LogP contribution in [-0.2, 0) is 4.79 Å². The summed E-state index contributed by atoms with van der Waals surface area (Å²) in [7, 11) is 0. The number of rotatable bonds is 2. The first-order valence-corrected chi connectivity index (χ1v) is 7.78. The van der Waals surface area contributed by atoms with Gasteiger partial charge < -0.3 is 4.42 Å². The fraction of sp³-hybridized carbons (Fsp3) is 0. The van der Waals surface area contributed by atoms with Gasteiger partial charge in [-0.1, -0.05) is 35.6 Å². The lowest BCUT2D eigenvalue weighted by atomic mass is 10.2. The van der Waals surface area contributed by atoms with Gasteiger partial charge in [-0.05, 0) is 36.4 Å². The number of carbonyl (C=O) groups is 2. The van der Waals surface area contributed by atoms with E-state index in [1.165, 1.54) is 6.26 Å². The lowest BCUT2D eigenvalue weighted by Gasteiger charge is -2.12. The van der Waals surface area contributed by atoms with E-state index >= 15 is 0 Å². The van der Waals surface area contributed by atoms with Crippen LogP contribution in [0.2, 0.25) is 5.02 Å². The van der Waals surface area contributed by atoms with Crippen molar-refractivity contribution in [1.82, 2.24) is 4.90 Å². The third kappa shape index (κ3) is 2.85. The molecule has 110 valence electrons. The Morgan fingerprint density at radius 2 is 2.00 bits per heavy atom. The molecule has 2 amide bonds. The van der Waals surface area contributed by atoms with Gasteiger partial charge in [0.05, 0.1) is 11.2 Å². The Hall–Kier alpha value is -1.89. The molecule has 0 spiro atoms. The average molecular weight is 350 g/mol. The van der Waals surface area contributed by atoms with Crippen LogP contribution in [0, 0.1) is 0 Å². The van der Waals surface area contributed by atoms with Gasteiger partial charge in [0.2, 0.25) is 0 Å². The van der Waals surface area contributed by atoms with E-state index in [2.05, 4.69) is 0 Å². The fourth-order valence-corrected chi connectivity index (χ4v) is 3.23. The van der Waals surface area contributed by atoms with Crippen LogP contribution in [0.5, 0.6) is 0 Å². The van der Waals surface area contributed by atoms with E-state index in [-0.39, 0.29) is 4.32 Å². The number of carbonyl (C=O) groups excluding carboxylic acids is 2. The van der Waals surface area contributed by atoms with Crippen LogP contribution in [-0.4, -0.2) is 21.0 Å². The number of furan rings is 1. The molecule has 0 N–H and O–H groups in total. The number of thiocarbonyl (C=S) groups is 1. The molecule has 2 aromatic rings. The van der Waals surface area contributed by atoms with Gasteiger partial charge in [0.25, 0.3) is 11.8 Å². The molecule has 22 heavy (non-hydrogen) atoms. The molecule has 0 radical (unpaired) electrons. The van der Waals surface area contributed by atoms with Crippen LogP contribution in [0.3, 0.4) is 0 Å². The SMILES string of the molecule is O=C1C(=Cc2ccco2)SC(=S)N1C(=O)c1ccc(Cl)cc1.